The number of carbonyl (C=O) groups excluding carboxylic acids is 1. The van der Waals surface area contributed by atoms with Crippen LogP contribution in [-0.4, -0.2) is 28.3 Å². The number of nitrogens with one attached hydrogen (secondary N) is 1. The van der Waals surface area contributed by atoms with E-state index in [1.807, 2.05) is 0 Å². The number of halogens is 2. The third-order valence-electron chi connectivity index (χ3n) is 2.50. The number of hydrogen-bond donors (Lipinski definition) is 1. The maximum atomic E-state index is 13.0. The van der Waals surface area contributed by atoms with E-state index in [-0.39, 0.29) is 25.3 Å². The first-order valence-corrected chi connectivity index (χ1v) is 5.74. The van der Waals surface area contributed by atoms with Crippen LogP contribution in [0.25, 0.3) is 0 Å². The molecular weight excluding hydrogens is 246 g/mol. The van der Waals surface area contributed by atoms with Crippen molar-refractivity contribution < 1.29 is 18.3 Å². The third-order valence-corrected chi connectivity index (χ3v) is 2.50. The first-order valence-electron chi connectivity index (χ1n) is 5.74. The molecule has 0 bridgehead atoms. The molecule has 0 aliphatic heterocycles. The molecule has 0 fully saturated rings. The summed E-state index contributed by atoms with van der Waals surface area (Å²) >= 11 is 0. The molecule has 0 amide bonds. The van der Waals surface area contributed by atoms with Gasteiger partial charge in [-0.25, -0.2) is 13.6 Å². The summed E-state index contributed by atoms with van der Waals surface area (Å²) in [7, 11) is 0. The average molecular weight is 262 g/mol. The van der Waals surface area contributed by atoms with Gasteiger partial charge in [0.05, 0.1) is 6.61 Å². The summed E-state index contributed by atoms with van der Waals surface area (Å²) in [5, 5.41) is 2.46. The molecule has 0 unspecified atom stereocenters. The van der Waals surface area contributed by atoms with E-state index in [2.05, 4.69) is 5.10 Å². The highest BCUT2D eigenvalue weighted by Crippen LogP contribution is 2.22. The van der Waals surface area contributed by atoms with Crippen molar-refractivity contribution >= 4 is 5.97 Å². The van der Waals surface area contributed by atoms with Crippen LogP contribution in [0.3, 0.4) is 0 Å². The van der Waals surface area contributed by atoms with Crippen molar-refractivity contribution in [3.8, 4) is 0 Å². The number of hydrogen-bond acceptors (Lipinski definition) is 3. The van der Waals surface area contributed by atoms with E-state index in [0.29, 0.717) is 0 Å². The van der Waals surface area contributed by atoms with Crippen LogP contribution in [0, 0.1) is 0 Å². The van der Waals surface area contributed by atoms with Crippen LogP contribution in [0.4, 0.5) is 8.78 Å². The summed E-state index contributed by atoms with van der Waals surface area (Å²) in [4.78, 5) is 22.7. The van der Waals surface area contributed by atoms with E-state index in [0.717, 1.165) is 10.7 Å². The summed E-state index contributed by atoms with van der Waals surface area (Å²) in [6, 6.07) is 1.04. The standard InChI is InChI=1S/C11H16F2N2O3/c1-3-11(12,13)5-6-15-9(16)7-8(14-15)10(17)18-4-2/h7,14H,3-6H2,1-2H3. The highest BCUT2D eigenvalue weighted by Gasteiger charge is 2.26. The Labute approximate surface area is 103 Å². The van der Waals surface area contributed by atoms with Gasteiger partial charge in [-0.05, 0) is 6.92 Å². The zero-order valence-electron chi connectivity index (χ0n) is 10.3. The second-order valence-electron chi connectivity index (χ2n) is 3.84. The average Bonchev–Trinajstić information content (AvgIpc) is 2.69. The van der Waals surface area contributed by atoms with Crippen LogP contribution in [0.15, 0.2) is 10.9 Å². The number of aryl methyl sites for hydroxylation is 1. The van der Waals surface area contributed by atoms with Crippen LogP contribution in [0.1, 0.15) is 37.2 Å². The molecule has 0 atom stereocenters. The minimum atomic E-state index is -2.81. The Bertz CT molecular complexity index is 465. The fraction of sp³-hybridized carbons (Fsp3) is 0.636. The summed E-state index contributed by atoms with van der Waals surface area (Å²) in [5.74, 6) is -3.48. The van der Waals surface area contributed by atoms with E-state index < -0.39 is 23.9 Å². The maximum absolute atomic E-state index is 13.0. The van der Waals surface area contributed by atoms with E-state index in [1.54, 1.807) is 6.92 Å². The van der Waals surface area contributed by atoms with Crippen molar-refractivity contribution in [3.05, 3.63) is 22.1 Å². The predicted octanol–water partition coefficient (Wildman–Crippen LogP) is 1.79. The number of esters is 1. The van der Waals surface area contributed by atoms with Crippen molar-refractivity contribution in [2.24, 2.45) is 0 Å². The topological polar surface area (TPSA) is 64.1 Å². The number of nitrogens with zero attached hydrogens (tertiary/aromatic N) is 1. The molecule has 5 nitrogen and oxygen atoms in total. The fourth-order valence-corrected chi connectivity index (χ4v) is 1.37. The largest absolute Gasteiger partial charge is 0.461 e. The maximum Gasteiger partial charge on any atom is 0.356 e. The SMILES string of the molecule is CCOC(=O)c1cc(=O)n(CCC(F)(F)CC)[nH]1. The Morgan fingerprint density at radius 3 is 2.72 bits per heavy atom. The van der Waals surface area contributed by atoms with Crippen LogP contribution < -0.4 is 5.56 Å². The number of H-pyrrole nitrogens is 1. The third kappa shape index (κ3) is 3.68. The highest BCUT2D eigenvalue weighted by atomic mass is 19.3. The Kier molecular flexibility index (Phi) is 4.63. The molecule has 1 N–H and O–H groups in total. The van der Waals surface area contributed by atoms with Gasteiger partial charge in [-0.3, -0.25) is 14.6 Å². The molecule has 1 rings (SSSR count). The van der Waals surface area contributed by atoms with Crippen molar-refractivity contribution in [2.45, 2.75) is 39.2 Å². The van der Waals surface area contributed by atoms with Crippen LogP contribution >= 0.6 is 0 Å². The second-order valence-corrected chi connectivity index (χ2v) is 3.84. The van der Waals surface area contributed by atoms with Crippen LogP contribution in [-0.2, 0) is 11.3 Å². The minimum absolute atomic E-state index is 0.0262. The molecule has 0 radical (unpaired) electrons. The van der Waals surface area contributed by atoms with Gasteiger partial charge in [0, 0.05) is 25.5 Å². The molecule has 18 heavy (non-hydrogen) atoms. The van der Waals surface area contributed by atoms with Crippen LogP contribution in [0.2, 0.25) is 0 Å². The quantitative estimate of drug-likeness (QED) is 0.795. The summed E-state index contributed by atoms with van der Waals surface area (Å²) in [5.41, 5.74) is -0.549. The van der Waals surface area contributed by atoms with Gasteiger partial charge in [-0.15, -0.1) is 0 Å². The summed E-state index contributed by atoms with van der Waals surface area (Å²) in [6.07, 6.45) is -0.737. The first-order chi connectivity index (χ1) is 8.39. The number of rotatable bonds is 6. The summed E-state index contributed by atoms with van der Waals surface area (Å²) in [6.45, 7) is 3.02. The molecule has 1 aromatic heterocycles. The summed E-state index contributed by atoms with van der Waals surface area (Å²) < 4.78 is 31.7. The predicted molar refractivity (Wildman–Crippen MR) is 60.9 cm³/mol. The lowest BCUT2D eigenvalue weighted by molar-refractivity contribution is -0.0162. The smallest absolute Gasteiger partial charge is 0.356 e. The molecule has 0 saturated heterocycles. The number of aromatic amines is 1. The molecule has 0 saturated carbocycles. The van der Waals surface area contributed by atoms with Gasteiger partial charge in [0.1, 0.15) is 5.69 Å². The molecule has 1 heterocycles. The molecule has 102 valence electrons. The Balaban J connectivity index is 2.74. The second kappa shape index (κ2) is 5.79. The molecule has 7 heteroatoms. The first kappa shape index (κ1) is 14.4. The molecule has 1 aromatic rings. The van der Waals surface area contributed by atoms with Crippen molar-refractivity contribution in [2.75, 3.05) is 6.61 Å². The van der Waals surface area contributed by atoms with E-state index in [1.165, 1.54) is 6.92 Å². The lowest BCUT2D eigenvalue weighted by Crippen LogP contribution is -2.23. The number of ether oxygens (including phenoxy) is 1. The Morgan fingerprint density at radius 2 is 2.17 bits per heavy atom. The van der Waals surface area contributed by atoms with Gasteiger partial charge in [0.15, 0.2) is 0 Å². The van der Waals surface area contributed by atoms with Gasteiger partial charge in [-0.2, -0.15) is 0 Å². The number of carbonyl (C=O) groups is 1. The van der Waals surface area contributed by atoms with Gasteiger partial charge >= 0.3 is 5.97 Å². The number of aromatic nitrogens is 2. The normalized spacial score (nSPS) is 11.6. The fourth-order valence-electron chi connectivity index (χ4n) is 1.37. The molecule has 0 spiro atoms. The molecule has 0 aliphatic carbocycles. The van der Waals surface area contributed by atoms with E-state index >= 15 is 0 Å². The Morgan fingerprint density at radius 1 is 1.50 bits per heavy atom. The van der Waals surface area contributed by atoms with Crippen LogP contribution in [0.5, 0.6) is 0 Å². The van der Waals surface area contributed by atoms with Crippen molar-refractivity contribution in [1.82, 2.24) is 9.78 Å². The van der Waals surface area contributed by atoms with Crippen molar-refractivity contribution in [3.63, 3.8) is 0 Å². The van der Waals surface area contributed by atoms with E-state index in [4.69, 9.17) is 4.74 Å². The lowest BCUT2D eigenvalue weighted by Gasteiger charge is -2.13. The van der Waals surface area contributed by atoms with Gasteiger partial charge in [0.25, 0.3) is 5.56 Å². The van der Waals surface area contributed by atoms with Gasteiger partial charge < -0.3 is 4.74 Å². The molecule has 0 aromatic carbocycles. The lowest BCUT2D eigenvalue weighted by atomic mass is 10.2. The monoisotopic (exact) mass is 262 g/mol. The van der Waals surface area contributed by atoms with Gasteiger partial charge in [0.2, 0.25) is 5.92 Å². The highest BCUT2D eigenvalue weighted by molar-refractivity contribution is 5.86. The Hall–Kier alpha value is -1.66. The zero-order chi connectivity index (χ0) is 13.8. The van der Waals surface area contributed by atoms with E-state index in [9.17, 15) is 18.4 Å². The van der Waals surface area contributed by atoms with Gasteiger partial charge in [-0.1, -0.05) is 6.92 Å². The molecule has 0 aliphatic rings. The molecular formula is C11H16F2N2O3. The minimum Gasteiger partial charge on any atom is -0.461 e. The zero-order valence-corrected chi connectivity index (χ0v) is 10.3. The number of alkyl halides is 2. The van der Waals surface area contributed by atoms with Crippen molar-refractivity contribution in [1.29, 1.82) is 0 Å².